The van der Waals surface area contributed by atoms with Crippen molar-refractivity contribution >= 4 is 41.7 Å². The summed E-state index contributed by atoms with van der Waals surface area (Å²) >= 11 is 1.86. The molecule has 0 saturated heterocycles. The standard InChI is InChI=1S/C18H27N5S.HI/c1-4-19-18(20-11-8-12-24-3)22(2)14-16-13-21-23(15-16)17-9-6-5-7-10-17;/h5-7,9-10,13,15H,4,8,11-12,14H2,1-3H3,(H,19,20);1H. The Labute approximate surface area is 172 Å². The zero-order valence-electron chi connectivity index (χ0n) is 15.2. The Kier molecular flexibility index (Phi) is 10.6. The highest BCUT2D eigenvalue weighted by Crippen LogP contribution is 2.09. The van der Waals surface area contributed by atoms with Crippen LogP contribution in [-0.4, -0.2) is 52.8 Å². The predicted octanol–water partition coefficient (Wildman–Crippen LogP) is 3.64. The van der Waals surface area contributed by atoms with E-state index in [-0.39, 0.29) is 24.0 Å². The summed E-state index contributed by atoms with van der Waals surface area (Å²) in [5.41, 5.74) is 2.24. The van der Waals surface area contributed by atoms with Gasteiger partial charge in [0.25, 0.3) is 0 Å². The minimum Gasteiger partial charge on any atom is -0.357 e. The van der Waals surface area contributed by atoms with Crippen molar-refractivity contribution in [2.45, 2.75) is 19.9 Å². The number of para-hydroxylation sites is 1. The van der Waals surface area contributed by atoms with E-state index < -0.39 is 0 Å². The molecule has 25 heavy (non-hydrogen) atoms. The average molecular weight is 473 g/mol. The third-order valence-electron chi connectivity index (χ3n) is 3.54. The van der Waals surface area contributed by atoms with Gasteiger partial charge in [-0.3, -0.25) is 4.99 Å². The van der Waals surface area contributed by atoms with Crippen molar-refractivity contribution in [3.05, 3.63) is 48.3 Å². The van der Waals surface area contributed by atoms with Gasteiger partial charge in [-0.15, -0.1) is 24.0 Å². The summed E-state index contributed by atoms with van der Waals surface area (Å²) in [6.45, 7) is 4.60. The van der Waals surface area contributed by atoms with Crippen LogP contribution in [0, 0.1) is 0 Å². The Morgan fingerprint density at radius 3 is 2.76 bits per heavy atom. The molecule has 0 bridgehead atoms. The molecule has 2 rings (SSSR count). The van der Waals surface area contributed by atoms with E-state index in [1.807, 2.05) is 40.8 Å². The third-order valence-corrected chi connectivity index (χ3v) is 4.24. The first-order valence-electron chi connectivity index (χ1n) is 8.32. The van der Waals surface area contributed by atoms with E-state index >= 15 is 0 Å². The summed E-state index contributed by atoms with van der Waals surface area (Å²) in [5, 5.41) is 7.82. The highest BCUT2D eigenvalue weighted by Gasteiger charge is 2.08. The molecule has 0 aliphatic heterocycles. The van der Waals surface area contributed by atoms with Gasteiger partial charge in [0.2, 0.25) is 0 Å². The summed E-state index contributed by atoms with van der Waals surface area (Å²) in [5.74, 6) is 2.10. The summed E-state index contributed by atoms with van der Waals surface area (Å²) < 4.78 is 1.91. The number of halogens is 1. The summed E-state index contributed by atoms with van der Waals surface area (Å²) in [7, 11) is 2.07. The van der Waals surface area contributed by atoms with E-state index in [0.717, 1.165) is 49.0 Å². The van der Waals surface area contributed by atoms with Gasteiger partial charge in [0.1, 0.15) is 0 Å². The van der Waals surface area contributed by atoms with Crippen molar-refractivity contribution < 1.29 is 0 Å². The maximum Gasteiger partial charge on any atom is 0.193 e. The summed E-state index contributed by atoms with van der Waals surface area (Å²) in [4.78, 5) is 6.85. The maximum atomic E-state index is 4.70. The Morgan fingerprint density at radius 2 is 2.08 bits per heavy atom. The molecule has 1 heterocycles. The minimum absolute atomic E-state index is 0. The lowest BCUT2D eigenvalue weighted by molar-refractivity contribution is 0.477. The molecule has 0 spiro atoms. The number of thioether (sulfide) groups is 1. The molecular formula is C18H28IN5S. The number of guanidine groups is 1. The van der Waals surface area contributed by atoms with Gasteiger partial charge in [0.05, 0.1) is 11.9 Å². The van der Waals surface area contributed by atoms with Crippen LogP contribution >= 0.6 is 35.7 Å². The molecule has 138 valence electrons. The number of nitrogens with one attached hydrogen (secondary N) is 1. The first-order valence-corrected chi connectivity index (χ1v) is 9.71. The molecule has 0 amide bonds. The van der Waals surface area contributed by atoms with Crippen LogP contribution in [0.1, 0.15) is 18.9 Å². The van der Waals surface area contributed by atoms with Gasteiger partial charge in [0.15, 0.2) is 5.96 Å². The number of nitrogens with zero attached hydrogens (tertiary/aromatic N) is 4. The van der Waals surface area contributed by atoms with E-state index in [2.05, 4.69) is 53.9 Å². The fourth-order valence-electron chi connectivity index (χ4n) is 2.38. The average Bonchev–Trinajstić information content (AvgIpc) is 3.07. The zero-order valence-corrected chi connectivity index (χ0v) is 18.3. The van der Waals surface area contributed by atoms with Crippen LogP contribution in [0.2, 0.25) is 0 Å². The monoisotopic (exact) mass is 473 g/mol. The number of hydrogen-bond donors (Lipinski definition) is 1. The highest BCUT2D eigenvalue weighted by atomic mass is 127. The van der Waals surface area contributed by atoms with E-state index in [1.54, 1.807) is 0 Å². The van der Waals surface area contributed by atoms with Gasteiger partial charge < -0.3 is 10.2 Å². The molecule has 0 aliphatic rings. The predicted molar refractivity (Wildman–Crippen MR) is 119 cm³/mol. The molecule has 2 aromatic rings. The van der Waals surface area contributed by atoms with Gasteiger partial charge in [-0.25, -0.2) is 4.68 Å². The Hall–Kier alpha value is -1.22. The van der Waals surface area contributed by atoms with Crippen LogP contribution in [0.15, 0.2) is 47.7 Å². The second-order valence-electron chi connectivity index (χ2n) is 5.57. The molecule has 0 unspecified atom stereocenters. The molecule has 0 atom stereocenters. The Balaban J connectivity index is 0.00000312. The fraction of sp³-hybridized carbons (Fsp3) is 0.444. The van der Waals surface area contributed by atoms with Crippen molar-refractivity contribution in [2.24, 2.45) is 4.99 Å². The highest BCUT2D eigenvalue weighted by molar-refractivity contribution is 14.0. The van der Waals surface area contributed by atoms with Crippen molar-refractivity contribution in [3.8, 4) is 5.69 Å². The minimum atomic E-state index is 0. The number of rotatable bonds is 8. The second-order valence-corrected chi connectivity index (χ2v) is 6.55. The number of aromatic nitrogens is 2. The lowest BCUT2D eigenvalue weighted by Crippen LogP contribution is -2.38. The van der Waals surface area contributed by atoms with Crippen LogP contribution in [0.25, 0.3) is 5.69 Å². The first kappa shape index (κ1) is 21.8. The van der Waals surface area contributed by atoms with E-state index in [1.165, 1.54) is 0 Å². The Morgan fingerprint density at radius 1 is 1.32 bits per heavy atom. The second kappa shape index (κ2) is 12.2. The van der Waals surface area contributed by atoms with E-state index in [9.17, 15) is 0 Å². The molecule has 1 N–H and O–H groups in total. The van der Waals surface area contributed by atoms with Gasteiger partial charge >= 0.3 is 0 Å². The van der Waals surface area contributed by atoms with Gasteiger partial charge in [-0.05, 0) is 37.5 Å². The maximum absolute atomic E-state index is 4.70. The molecule has 7 heteroatoms. The summed E-state index contributed by atoms with van der Waals surface area (Å²) in [6.07, 6.45) is 7.23. The van der Waals surface area contributed by atoms with Gasteiger partial charge in [0, 0.05) is 38.4 Å². The van der Waals surface area contributed by atoms with Crippen molar-refractivity contribution in [1.29, 1.82) is 0 Å². The number of aliphatic imine (C=N–C) groups is 1. The molecule has 5 nitrogen and oxygen atoms in total. The van der Waals surface area contributed by atoms with E-state index in [4.69, 9.17) is 4.99 Å². The third kappa shape index (κ3) is 7.27. The fourth-order valence-corrected chi connectivity index (χ4v) is 2.79. The van der Waals surface area contributed by atoms with Crippen LogP contribution < -0.4 is 5.32 Å². The Bertz CT molecular complexity index is 629. The molecule has 1 aromatic carbocycles. The topological polar surface area (TPSA) is 45.5 Å². The molecule has 0 aliphatic carbocycles. The number of benzene rings is 1. The van der Waals surface area contributed by atoms with Crippen molar-refractivity contribution in [1.82, 2.24) is 20.0 Å². The molecule has 1 aromatic heterocycles. The molecule has 0 fully saturated rings. The van der Waals surface area contributed by atoms with Crippen LogP contribution in [0.3, 0.4) is 0 Å². The molecule has 0 radical (unpaired) electrons. The lowest BCUT2D eigenvalue weighted by atomic mass is 10.3. The quantitative estimate of drug-likeness (QED) is 0.275. The number of hydrogen-bond acceptors (Lipinski definition) is 3. The van der Waals surface area contributed by atoms with Crippen molar-refractivity contribution in [2.75, 3.05) is 32.1 Å². The summed E-state index contributed by atoms with van der Waals surface area (Å²) in [6, 6.07) is 10.2. The zero-order chi connectivity index (χ0) is 17.2. The lowest BCUT2D eigenvalue weighted by Gasteiger charge is -2.21. The molecule has 0 saturated carbocycles. The van der Waals surface area contributed by atoms with Gasteiger partial charge in [-0.1, -0.05) is 18.2 Å². The smallest absolute Gasteiger partial charge is 0.193 e. The normalized spacial score (nSPS) is 11.1. The van der Waals surface area contributed by atoms with Crippen molar-refractivity contribution in [3.63, 3.8) is 0 Å². The van der Waals surface area contributed by atoms with E-state index in [0.29, 0.717) is 0 Å². The van der Waals surface area contributed by atoms with Crippen LogP contribution in [-0.2, 0) is 6.54 Å². The first-order chi connectivity index (χ1) is 11.7. The SMILES string of the molecule is CCNC(=NCCCSC)N(C)Cc1cnn(-c2ccccc2)c1.I. The largest absolute Gasteiger partial charge is 0.357 e. The van der Waals surface area contributed by atoms with Crippen LogP contribution in [0.5, 0.6) is 0 Å². The van der Waals surface area contributed by atoms with Crippen LogP contribution in [0.4, 0.5) is 0 Å². The molecular weight excluding hydrogens is 445 g/mol. The van der Waals surface area contributed by atoms with Gasteiger partial charge in [-0.2, -0.15) is 16.9 Å².